The number of rotatable bonds is 7. The molecule has 1 rings (SSSR count). The quantitative estimate of drug-likeness (QED) is 0.709. The van der Waals surface area contributed by atoms with Gasteiger partial charge in [0.1, 0.15) is 0 Å². The first-order valence-corrected chi connectivity index (χ1v) is 6.63. The second-order valence-electron chi connectivity index (χ2n) is 4.92. The predicted octanol–water partition coefficient (Wildman–Crippen LogP) is 2.78. The third-order valence-electron chi connectivity index (χ3n) is 3.02. The fraction of sp³-hybridized carbons (Fsp3) is 0.600. The van der Waals surface area contributed by atoms with Crippen LogP contribution < -0.4 is 10.6 Å². The van der Waals surface area contributed by atoms with Crippen LogP contribution in [0.4, 0.5) is 0 Å². The van der Waals surface area contributed by atoms with Crippen LogP contribution in [0.2, 0.25) is 0 Å². The second kappa shape index (κ2) is 7.46. The van der Waals surface area contributed by atoms with Gasteiger partial charge in [-0.15, -0.1) is 0 Å². The lowest BCUT2D eigenvalue weighted by Crippen LogP contribution is -2.36. The van der Waals surface area contributed by atoms with Crippen molar-refractivity contribution in [2.24, 2.45) is 0 Å². The zero-order valence-corrected chi connectivity index (χ0v) is 11.6. The van der Waals surface area contributed by atoms with Gasteiger partial charge in [-0.05, 0) is 44.9 Å². The van der Waals surface area contributed by atoms with E-state index < -0.39 is 0 Å². The van der Waals surface area contributed by atoms with Crippen LogP contribution in [0.25, 0.3) is 0 Å². The summed E-state index contributed by atoms with van der Waals surface area (Å²) < 4.78 is 0. The van der Waals surface area contributed by atoms with Gasteiger partial charge in [-0.25, -0.2) is 0 Å². The standard InChI is InChI=1S/C15H26N2/c1-5-8-16-10-14(4)17-11-15-7-6-12(2)9-13(15)3/h6-7,9,14,16-17H,5,8,10-11H2,1-4H3. The van der Waals surface area contributed by atoms with Crippen LogP contribution in [-0.2, 0) is 6.54 Å². The van der Waals surface area contributed by atoms with Crippen LogP contribution in [-0.4, -0.2) is 19.1 Å². The first-order valence-electron chi connectivity index (χ1n) is 6.63. The Balaban J connectivity index is 2.34. The summed E-state index contributed by atoms with van der Waals surface area (Å²) in [5.41, 5.74) is 4.12. The highest BCUT2D eigenvalue weighted by molar-refractivity contribution is 5.30. The first kappa shape index (κ1) is 14.2. The summed E-state index contributed by atoms with van der Waals surface area (Å²) in [5.74, 6) is 0. The zero-order valence-electron chi connectivity index (χ0n) is 11.6. The van der Waals surface area contributed by atoms with E-state index in [1.54, 1.807) is 0 Å². The second-order valence-corrected chi connectivity index (χ2v) is 4.92. The van der Waals surface area contributed by atoms with Gasteiger partial charge in [0.25, 0.3) is 0 Å². The molecule has 17 heavy (non-hydrogen) atoms. The molecule has 0 fully saturated rings. The smallest absolute Gasteiger partial charge is 0.0211 e. The molecule has 1 unspecified atom stereocenters. The van der Waals surface area contributed by atoms with Crippen molar-refractivity contribution in [2.75, 3.05) is 13.1 Å². The lowest BCUT2D eigenvalue weighted by Gasteiger charge is -2.15. The highest BCUT2D eigenvalue weighted by atomic mass is 15.0. The SMILES string of the molecule is CCCNCC(C)NCc1ccc(C)cc1C. The summed E-state index contributed by atoms with van der Waals surface area (Å²) in [6.07, 6.45) is 1.20. The van der Waals surface area contributed by atoms with E-state index in [4.69, 9.17) is 0 Å². The predicted molar refractivity (Wildman–Crippen MR) is 75.4 cm³/mol. The number of benzene rings is 1. The summed E-state index contributed by atoms with van der Waals surface area (Å²) in [7, 11) is 0. The third-order valence-corrected chi connectivity index (χ3v) is 3.02. The minimum Gasteiger partial charge on any atom is -0.315 e. The summed E-state index contributed by atoms with van der Waals surface area (Å²) in [6.45, 7) is 11.9. The van der Waals surface area contributed by atoms with E-state index >= 15 is 0 Å². The molecule has 0 bridgehead atoms. The van der Waals surface area contributed by atoms with Gasteiger partial charge in [0.15, 0.2) is 0 Å². The van der Waals surface area contributed by atoms with Crippen LogP contribution in [0.15, 0.2) is 18.2 Å². The molecule has 0 spiro atoms. The average Bonchev–Trinajstić information content (AvgIpc) is 2.28. The molecule has 0 saturated heterocycles. The molecule has 0 radical (unpaired) electrons. The lowest BCUT2D eigenvalue weighted by molar-refractivity contribution is 0.500. The molecule has 0 aliphatic heterocycles. The minimum absolute atomic E-state index is 0.516. The van der Waals surface area contributed by atoms with Crippen molar-refractivity contribution < 1.29 is 0 Å². The first-order chi connectivity index (χ1) is 8.13. The zero-order chi connectivity index (χ0) is 12.7. The van der Waals surface area contributed by atoms with Crippen molar-refractivity contribution in [3.05, 3.63) is 34.9 Å². The summed E-state index contributed by atoms with van der Waals surface area (Å²) >= 11 is 0. The molecule has 2 heteroatoms. The fourth-order valence-corrected chi connectivity index (χ4v) is 1.90. The molecular weight excluding hydrogens is 208 g/mol. The Bertz CT molecular complexity index is 334. The van der Waals surface area contributed by atoms with Crippen LogP contribution in [0.3, 0.4) is 0 Å². The van der Waals surface area contributed by atoms with Crippen molar-refractivity contribution in [3.8, 4) is 0 Å². The van der Waals surface area contributed by atoms with E-state index in [1.807, 2.05) is 0 Å². The Labute approximate surface area is 106 Å². The summed E-state index contributed by atoms with van der Waals surface area (Å²) in [4.78, 5) is 0. The molecule has 1 atom stereocenters. The van der Waals surface area contributed by atoms with E-state index in [2.05, 4.69) is 56.5 Å². The van der Waals surface area contributed by atoms with Crippen molar-refractivity contribution >= 4 is 0 Å². The van der Waals surface area contributed by atoms with Gasteiger partial charge in [-0.3, -0.25) is 0 Å². The maximum atomic E-state index is 3.56. The monoisotopic (exact) mass is 234 g/mol. The van der Waals surface area contributed by atoms with Gasteiger partial charge < -0.3 is 10.6 Å². The molecular formula is C15H26N2. The fourth-order valence-electron chi connectivity index (χ4n) is 1.90. The van der Waals surface area contributed by atoms with Crippen LogP contribution in [0.5, 0.6) is 0 Å². The van der Waals surface area contributed by atoms with Crippen molar-refractivity contribution in [1.29, 1.82) is 0 Å². The van der Waals surface area contributed by atoms with E-state index in [0.717, 1.165) is 19.6 Å². The van der Waals surface area contributed by atoms with E-state index in [0.29, 0.717) is 6.04 Å². The van der Waals surface area contributed by atoms with E-state index in [9.17, 15) is 0 Å². The Morgan fingerprint density at radius 3 is 2.65 bits per heavy atom. The molecule has 0 aliphatic carbocycles. The summed E-state index contributed by atoms with van der Waals surface area (Å²) in [5, 5.41) is 6.99. The Morgan fingerprint density at radius 2 is 2.00 bits per heavy atom. The average molecular weight is 234 g/mol. The lowest BCUT2D eigenvalue weighted by atomic mass is 10.1. The van der Waals surface area contributed by atoms with Gasteiger partial charge >= 0.3 is 0 Å². The van der Waals surface area contributed by atoms with Gasteiger partial charge in [-0.1, -0.05) is 30.7 Å². The molecule has 1 aromatic rings. The molecule has 0 saturated carbocycles. The van der Waals surface area contributed by atoms with Crippen LogP contribution in [0, 0.1) is 13.8 Å². The third kappa shape index (κ3) is 5.33. The van der Waals surface area contributed by atoms with Crippen molar-refractivity contribution in [3.63, 3.8) is 0 Å². The minimum atomic E-state index is 0.516. The molecule has 2 nitrogen and oxygen atoms in total. The van der Waals surface area contributed by atoms with Crippen molar-refractivity contribution in [2.45, 2.75) is 46.7 Å². The van der Waals surface area contributed by atoms with Crippen LogP contribution >= 0.6 is 0 Å². The molecule has 96 valence electrons. The Morgan fingerprint density at radius 1 is 1.24 bits per heavy atom. The molecule has 0 heterocycles. The normalized spacial score (nSPS) is 12.7. The number of aryl methyl sites for hydroxylation is 2. The highest BCUT2D eigenvalue weighted by Gasteiger charge is 2.02. The number of hydrogen-bond acceptors (Lipinski definition) is 2. The topological polar surface area (TPSA) is 24.1 Å². The van der Waals surface area contributed by atoms with E-state index in [-0.39, 0.29) is 0 Å². The Hall–Kier alpha value is -0.860. The molecule has 2 N–H and O–H groups in total. The van der Waals surface area contributed by atoms with Gasteiger partial charge in [0, 0.05) is 19.1 Å². The molecule has 1 aromatic carbocycles. The highest BCUT2D eigenvalue weighted by Crippen LogP contribution is 2.10. The molecule has 0 aromatic heterocycles. The number of hydrogen-bond donors (Lipinski definition) is 2. The van der Waals surface area contributed by atoms with Crippen molar-refractivity contribution in [1.82, 2.24) is 10.6 Å². The maximum absolute atomic E-state index is 3.56. The van der Waals surface area contributed by atoms with E-state index in [1.165, 1.54) is 23.1 Å². The summed E-state index contributed by atoms with van der Waals surface area (Å²) in [6, 6.07) is 7.17. The van der Waals surface area contributed by atoms with Crippen LogP contribution in [0.1, 0.15) is 37.0 Å². The Kier molecular flexibility index (Phi) is 6.23. The number of nitrogens with one attached hydrogen (secondary N) is 2. The molecule has 0 aliphatic rings. The van der Waals surface area contributed by atoms with Gasteiger partial charge in [-0.2, -0.15) is 0 Å². The largest absolute Gasteiger partial charge is 0.315 e. The van der Waals surface area contributed by atoms with Gasteiger partial charge in [0.2, 0.25) is 0 Å². The maximum Gasteiger partial charge on any atom is 0.0211 e. The van der Waals surface area contributed by atoms with Gasteiger partial charge in [0.05, 0.1) is 0 Å². The molecule has 0 amide bonds.